The Kier molecular flexibility index (Phi) is 36.1. The topological polar surface area (TPSA) is 160 Å². The molecule has 3 atom stereocenters. The smallest absolute Gasteiger partial charge is 1.00 e. The van der Waals surface area contributed by atoms with Gasteiger partial charge >= 0.3 is 171 Å². The largest absolute Gasteiger partial charge is 1.00 e. The van der Waals surface area contributed by atoms with Gasteiger partial charge in [-0.05, 0) is 0 Å². The molecule has 0 aromatic heterocycles. The average molecular weight is 410 g/mol. The van der Waals surface area contributed by atoms with E-state index >= 15 is 0 Å². The van der Waals surface area contributed by atoms with Gasteiger partial charge in [0.1, 0.15) is 0 Å². The third kappa shape index (κ3) is 26.2. The van der Waals surface area contributed by atoms with Crippen molar-refractivity contribution in [3.63, 3.8) is 0 Å². The molecule has 0 saturated carbocycles. The summed E-state index contributed by atoms with van der Waals surface area (Å²) < 4.78 is 41.4. The van der Waals surface area contributed by atoms with Gasteiger partial charge in [0.25, 0.3) is 0 Å². The molecule has 0 aromatic carbocycles. The SMILES string of the molecule is O=P(O)(O)OP(=O)(O)OP(=O)(O)OP.[H-].[H-].[H-].[H-].[H-].[Na+].[Na+].[Na+].[Na+].[Na+]. The second-order valence-corrected chi connectivity index (χ2v) is 6.70. The van der Waals surface area contributed by atoms with E-state index in [1.165, 1.54) is 9.47 Å². The van der Waals surface area contributed by atoms with Crippen LogP contribution < -0.4 is 148 Å². The minimum Gasteiger partial charge on any atom is -1.00 e. The van der Waals surface area contributed by atoms with Crippen LogP contribution in [0.25, 0.3) is 0 Å². The van der Waals surface area contributed by atoms with Crippen LogP contribution in [0.5, 0.6) is 0 Å². The van der Waals surface area contributed by atoms with Crippen molar-refractivity contribution in [1.82, 2.24) is 0 Å². The molecule has 19 heteroatoms. The minimum atomic E-state index is -5.37. The molecule has 19 heavy (non-hydrogen) atoms. The summed E-state index contributed by atoms with van der Waals surface area (Å²) in [6.45, 7) is 0. The van der Waals surface area contributed by atoms with Gasteiger partial charge in [-0.2, -0.15) is 8.62 Å². The third-order valence-corrected chi connectivity index (χ3v) is 4.94. The van der Waals surface area contributed by atoms with E-state index < -0.39 is 23.5 Å². The number of rotatable bonds is 5. The van der Waals surface area contributed by atoms with Crippen molar-refractivity contribution in [2.45, 2.75) is 0 Å². The van der Waals surface area contributed by atoms with Gasteiger partial charge in [0.2, 0.25) is 0 Å². The summed E-state index contributed by atoms with van der Waals surface area (Å²) in [6, 6.07) is 0. The van der Waals surface area contributed by atoms with Crippen molar-refractivity contribution in [1.29, 1.82) is 0 Å². The van der Waals surface area contributed by atoms with Crippen molar-refractivity contribution in [3.8, 4) is 0 Å². The Morgan fingerprint density at radius 3 is 1.26 bits per heavy atom. The first-order valence-corrected chi connectivity index (χ1v) is 7.49. The van der Waals surface area contributed by atoms with E-state index in [4.69, 9.17) is 19.6 Å². The first kappa shape index (κ1) is 39.8. The molecule has 0 aliphatic rings. The van der Waals surface area contributed by atoms with Crippen LogP contribution in [0.4, 0.5) is 0 Å². The predicted octanol–water partition coefficient (Wildman–Crippen LogP) is -14.3. The van der Waals surface area contributed by atoms with E-state index in [9.17, 15) is 13.7 Å². The summed E-state index contributed by atoms with van der Waals surface area (Å²) in [5.74, 6) is 0. The predicted molar refractivity (Wildman–Crippen MR) is 50.2 cm³/mol. The summed E-state index contributed by atoms with van der Waals surface area (Å²) >= 11 is 0. The Morgan fingerprint density at radius 1 is 0.737 bits per heavy atom. The van der Waals surface area contributed by atoms with Crippen LogP contribution in [0.1, 0.15) is 7.13 Å². The van der Waals surface area contributed by atoms with E-state index in [1.807, 2.05) is 0 Å². The molecular weight excluding hydrogens is 399 g/mol. The van der Waals surface area contributed by atoms with Gasteiger partial charge in [-0.25, -0.2) is 13.7 Å². The van der Waals surface area contributed by atoms with Crippen molar-refractivity contribution < 1.29 is 201 Å². The van der Waals surface area contributed by atoms with Gasteiger partial charge in [-0.15, -0.1) is 0 Å². The summed E-state index contributed by atoms with van der Waals surface area (Å²) in [5, 5.41) is 0. The van der Waals surface area contributed by atoms with E-state index in [-0.39, 0.29) is 155 Å². The van der Waals surface area contributed by atoms with Crippen LogP contribution in [0, 0.1) is 0 Å². The summed E-state index contributed by atoms with van der Waals surface area (Å²) in [6.07, 6.45) is 0. The number of hydrogen-bond donors (Lipinski definition) is 4. The monoisotopic (exact) mass is 410 g/mol. The summed E-state index contributed by atoms with van der Waals surface area (Å²) in [5.41, 5.74) is 0. The molecule has 0 aliphatic carbocycles. The van der Waals surface area contributed by atoms with Gasteiger partial charge in [0, 0.05) is 9.47 Å². The molecule has 4 N–H and O–H groups in total. The molecule has 0 spiro atoms. The number of hydrogen-bond acceptors (Lipinski definition) is 6. The Morgan fingerprint density at radius 2 is 1.05 bits per heavy atom. The molecule has 0 heterocycles. The second kappa shape index (κ2) is 17.3. The van der Waals surface area contributed by atoms with Gasteiger partial charge in [-0.1, -0.05) is 0 Å². The molecule has 3 unspecified atom stereocenters. The average Bonchev–Trinajstić information content (AvgIpc) is 1.78. The van der Waals surface area contributed by atoms with Gasteiger partial charge in [-0.3, -0.25) is 4.31 Å². The Labute approximate surface area is 229 Å². The fraction of sp³-hybridized carbons (Fsp3) is 0. The minimum absolute atomic E-state index is 0. The van der Waals surface area contributed by atoms with Gasteiger partial charge in [0.05, 0.1) is 0 Å². The van der Waals surface area contributed by atoms with Crippen LogP contribution in [0.15, 0.2) is 0 Å². The molecule has 10 nitrogen and oxygen atoms in total. The molecule has 96 valence electrons. The van der Waals surface area contributed by atoms with Gasteiger partial charge in [0.15, 0.2) is 0 Å². The standard InChI is InChI=1S/5Na.H6O10P4.5H/c;;;;;1-12(2,3)9-14(6,7)10-13(4,5)8-11;;;;;/h;;;;;11H2,(H,4,5)(H,6,7)(H2,1,2,3);;;;;/q5*+1;;5*-1. The molecule has 0 bridgehead atoms. The maximum atomic E-state index is 10.6. The number of phosphoric acid groups is 3. The first-order chi connectivity index (χ1) is 5.97. The van der Waals surface area contributed by atoms with E-state index in [2.05, 4.69) is 12.9 Å². The summed E-state index contributed by atoms with van der Waals surface area (Å²) in [7, 11) is -14.3. The zero-order valence-corrected chi connectivity index (χ0v) is 25.0. The van der Waals surface area contributed by atoms with Crippen LogP contribution in [-0.2, 0) is 26.6 Å². The van der Waals surface area contributed by atoms with Crippen LogP contribution in [0.3, 0.4) is 0 Å². The maximum absolute atomic E-state index is 10.6. The van der Waals surface area contributed by atoms with Crippen LogP contribution in [0.2, 0.25) is 0 Å². The molecule has 0 fully saturated rings. The van der Waals surface area contributed by atoms with Gasteiger partial charge < -0.3 is 26.7 Å². The third-order valence-electron chi connectivity index (χ3n) is 0.549. The molecule has 0 saturated heterocycles. The van der Waals surface area contributed by atoms with Crippen molar-refractivity contribution >= 4 is 32.9 Å². The Balaban J connectivity index is -0.0000000188. The van der Waals surface area contributed by atoms with Crippen molar-refractivity contribution in [3.05, 3.63) is 0 Å². The Bertz CT molecular complexity index is 355. The zero-order valence-electron chi connectivity index (χ0n) is 16.2. The molecule has 0 rings (SSSR count). The fourth-order valence-corrected chi connectivity index (χ4v) is 3.31. The Hall–Kier alpha value is 5.84. The fourth-order valence-electron chi connectivity index (χ4n) is 0.299. The van der Waals surface area contributed by atoms with Crippen LogP contribution in [-0.4, -0.2) is 19.6 Å². The summed E-state index contributed by atoms with van der Waals surface area (Å²) in [4.78, 5) is 33.2. The first-order valence-electron chi connectivity index (χ1n) is 2.50. The normalized spacial score (nSPS) is 15.6. The van der Waals surface area contributed by atoms with Crippen molar-refractivity contribution in [2.24, 2.45) is 0 Å². The van der Waals surface area contributed by atoms with Crippen molar-refractivity contribution in [2.75, 3.05) is 0 Å². The quantitative estimate of drug-likeness (QED) is 0.253. The molecule has 0 aliphatic heterocycles. The maximum Gasteiger partial charge on any atom is 1.00 e. The van der Waals surface area contributed by atoms with E-state index in [0.717, 1.165) is 0 Å². The van der Waals surface area contributed by atoms with E-state index in [0.29, 0.717) is 0 Å². The molecule has 0 amide bonds. The second-order valence-electron chi connectivity index (χ2n) is 1.70. The molecule has 0 aromatic rings. The molecule has 0 radical (unpaired) electrons. The van der Waals surface area contributed by atoms with E-state index in [1.54, 1.807) is 0 Å². The zero-order chi connectivity index (χ0) is 11.6. The van der Waals surface area contributed by atoms with Crippen LogP contribution >= 0.6 is 32.9 Å². The molecular formula is H11Na5O10P4.